The number of rotatable bonds is 45. The highest BCUT2D eigenvalue weighted by Gasteiger charge is 2.20. The van der Waals surface area contributed by atoms with Crippen LogP contribution in [0.5, 0.6) is 17.2 Å². The van der Waals surface area contributed by atoms with Crippen LogP contribution in [0.4, 0.5) is 0 Å². The molecule has 0 fully saturated rings. The summed E-state index contributed by atoms with van der Waals surface area (Å²) >= 11 is 0. The molecule has 6 aromatic rings. The molecule has 0 amide bonds. The topological polar surface area (TPSA) is 99.1 Å². The Morgan fingerprint density at radius 1 is 0.241 bits per heavy atom. The Hall–Kier alpha value is -6.85. The van der Waals surface area contributed by atoms with Gasteiger partial charge in [0.2, 0.25) is 0 Å². The molecule has 0 spiro atoms. The average Bonchev–Trinajstić information content (AvgIpc) is 3.55. The molecular weight excluding hydrogens is 1020 g/mol. The molecular formula is C76H99N4O3+. The van der Waals surface area contributed by atoms with Gasteiger partial charge in [-0.15, -0.1) is 0 Å². The van der Waals surface area contributed by atoms with E-state index in [1.54, 1.807) is 0 Å². The van der Waals surface area contributed by atoms with Gasteiger partial charge >= 0.3 is 0 Å². The summed E-state index contributed by atoms with van der Waals surface area (Å²) in [5.74, 6) is 2.78. The predicted molar refractivity (Wildman–Crippen MR) is 346 cm³/mol. The molecule has 0 heterocycles. The van der Waals surface area contributed by atoms with E-state index in [4.69, 9.17) is 30.0 Å². The molecule has 6 rings (SSSR count). The molecule has 83 heavy (non-hydrogen) atoms. The van der Waals surface area contributed by atoms with Crippen molar-refractivity contribution in [2.24, 2.45) is 0 Å². The fourth-order valence-electron chi connectivity index (χ4n) is 11.4. The van der Waals surface area contributed by atoms with Gasteiger partial charge < -0.3 is 18.7 Å². The van der Waals surface area contributed by atoms with Crippen molar-refractivity contribution in [3.63, 3.8) is 0 Å². The lowest BCUT2D eigenvalue weighted by molar-refractivity contribution is -0.910. The van der Waals surface area contributed by atoms with Gasteiger partial charge in [-0.25, -0.2) is 0 Å². The summed E-state index contributed by atoms with van der Waals surface area (Å²) in [4.78, 5) is 0. The maximum atomic E-state index is 9.07. The van der Waals surface area contributed by atoms with E-state index in [9.17, 15) is 0 Å². The number of benzene rings is 6. The van der Waals surface area contributed by atoms with Crippen LogP contribution in [0.25, 0.3) is 33.4 Å². The molecule has 0 atom stereocenters. The van der Waals surface area contributed by atoms with Crippen LogP contribution in [-0.2, 0) is 0 Å². The maximum Gasteiger partial charge on any atom is 0.119 e. The van der Waals surface area contributed by atoms with E-state index in [1.807, 2.05) is 72.8 Å². The van der Waals surface area contributed by atoms with E-state index in [0.29, 0.717) is 16.7 Å². The summed E-state index contributed by atoms with van der Waals surface area (Å²) in [5.41, 5.74) is 8.81. The molecule has 440 valence electrons. The van der Waals surface area contributed by atoms with Crippen molar-refractivity contribution in [1.82, 2.24) is 0 Å². The van der Waals surface area contributed by atoms with E-state index < -0.39 is 0 Å². The first-order chi connectivity index (χ1) is 40.9. The van der Waals surface area contributed by atoms with Crippen molar-refractivity contribution in [2.45, 2.75) is 193 Å². The van der Waals surface area contributed by atoms with Gasteiger partial charge in [0, 0.05) is 0 Å². The third-order valence-electron chi connectivity index (χ3n) is 16.7. The number of nitriles is 3. The number of nitrogens with zero attached hydrogens (tertiary/aromatic N) is 4. The van der Waals surface area contributed by atoms with E-state index in [-0.39, 0.29) is 0 Å². The summed E-state index contributed by atoms with van der Waals surface area (Å²) in [6, 6.07) is 54.7. The third kappa shape index (κ3) is 27.0. The van der Waals surface area contributed by atoms with E-state index in [0.717, 1.165) is 89.7 Å². The van der Waals surface area contributed by atoms with Crippen LogP contribution in [0.2, 0.25) is 0 Å². The van der Waals surface area contributed by atoms with Gasteiger partial charge in [0.05, 0.1) is 81.4 Å². The first-order valence-corrected chi connectivity index (χ1v) is 32.5. The molecule has 0 bridgehead atoms. The summed E-state index contributed by atoms with van der Waals surface area (Å²) < 4.78 is 19.4. The van der Waals surface area contributed by atoms with Crippen LogP contribution >= 0.6 is 0 Å². The highest BCUT2D eigenvalue weighted by Crippen LogP contribution is 2.27. The SMILES string of the molecule is C[N+](CCCCCCCCCCCCOc1ccc(-c2ccc(C#N)cc2)cc1)(CCCCCCCCCCCCOc1ccc(-c2ccc(C#N)cc2)cc1)CCCCCCCCCCCCOc1ccc(-c2ccc(C#N)cc2)cc1. The fourth-order valence-corrected chi connectivity index (χ4v) is 11.4. The smallest absolute Gasteiger partial charge is 0.119 e. The molecule has 7 nitrogen and oxygen atoms in total. The average molecular weight is 1120 g/mol. The largest absolute Gasteiger partial charge is 0.494 e. The molecule has 0 N–H and O–H groups in total. The lowest BCUT2D eigenvalue weighted by Crippen LogP contribution is -2.46. The number of hydrogen-bond acceptors (Lipinski definition) is 6. The maximum absolute atomic E-state index is 9.07. The van der Waals surface area contributed by atoms with Gasteiger partial charge in [0.25, 0.3) is 0 Å². The van der Waals surface area contributed by atoms with Gasteiger partial charge in [0.15, 0.2) is 0 Å². The number of hydrogen-bond donors (Lipinski definition) is 0. The minimum atomic E-state index is 0.684. The van der Waals surface area contributed by atoms with Gasteiger partial charge in [-0.1, -0.05) is 208 Å². The van der Waals surface area contributed by atoms with Crippen LogP contribution in [0, 0.1) is 34.0 Å². The first kappa shape index (κ1) is 65.3. The highest BCUT2D eigenvalue weighted by molar-refractivity contribution is 5.67. The van der Waals surface area contributed by atoms with Gasteiger partial charge in [-0.2, -0.15) is 15.8 Å². The highest BCUT2D eigenvalue weighted by atomic mass is 16.5. The van der Waals surface area contributed by atoms with Crippen molar-refractivity contribution in [3.8, 4) is 68.8 Å². The second-order valence-corrected chi connectivity index (χ2v) is 23.6. The molecule has 6 aromatic carbocycles. The Morgan fingerprint density at radius 3 is 0.602 bits per heavy atom. The minimum Gasteiger partial charge on any atom is -0.494 e. The normalized spacial score (nSPS) is 11.2. The lowest BCUT2D eigenvalue weighted by atomic mass is 10.0. The monoisotopic (exact) mass is 1120 g/mol. The fraction of sp³-hybridized carbons (Fsp3) is 0.487. The Balaban J connectivity index is 0.764. The van der Waals surface area contributed by atoms with E-state index in [1.165, 1.54) is 197 Å². The Bertz CT molecular complexity index is 2450. The van der Waals surface area contributed by atoms with Gasteiger partial charge in [0.1, 0.15) is 17.2 Å². The molecule has 0 saturated carbocycles. The van der Waals surface area contributed by atoms with Crippen LogP contribution < -0.4 is 14.2 Å². The Morgan fingerprint density at radius 2 is 0.410 bits per heavy atom. The molecule has 0 aliphatic heterocycles. The summed E-state index contributed by atoms with van der Waals surface area (Å²) in [5, 5.41) is 27.2. The second-order valence-electron chi connectivity index (χ2n) is 23.6. The van der Waals surface area contributed by atoms with E-state index in [2.05, 4.69) is 98.1 Å². The summed E-state index contributed by atoms with van der Waals surface area (Å²) in [6.07, 6.45) is 39.7. The molecule has 0 saturated heterocycles. The summed E-state index contributed by atoms with van der Waals surface area (Å²) in [7, 11) is 2.58. The third-order valence-corrected chi connectivity index (χ3v) is 16.7. The zero-order chi connectivity index (χ0) is 58.1. The molecule has 7 heteroatoms. The van der Waals surface area contributed by atoms with Crippen molar-refractivity contribution >= 4 is 0 Å². The number of quaternary nitrogens is 1. The number of ether oxygens (including phenoxy) is 3. The quantitative estimate of drug-likeness (QED) is 0.0279. The molecule has 0 aliphatic carbocycles. The lowest BCUT2D eigenvalue weighted by Gasteiger charge is -2.35. The minimum absolute atomic E-state index is 0.684. The first-order valence-electron chi connectivity index (χ1n) is 32.5. The van der Waals surface area contributed by atoms with Gasteiger partial charge in [-0.3, -0.25) is 0 Å². The zero-order valence-electron chi connectivity index (χ0n) is 50.8. The van der Waals surface area contributed by atoms with Crippen LogP contribution in [0.15, 0.2) is 146 Å². The molecule has 0 aliphatic rings. The molecule has 0 aromatic heterocycles. The predicted octanol–water partition coefficient (Wildman–Crippen LogP) is 21.0. The van der Waals surface area contributed by atoms with Crippen molar-refractivity contribution in [3.05, 3.63) is 162 Å². The second kappa shape index (κ2) is 40.4. The summed E-state index contributed by atoms with van der Waals surface area (Å²) in [6.45, 7) is 6.36. The Kier molecular flexibility index (Phi) is 31.8. The zero-order valence-corrected chi connectivity index (χ0v) is 50.8. The van der Waals surface area contributed by atoms with Crippen molar-refractivity contribution in [1.29, 1.82) is 15.8 Å². The Labute approximate surface area is 502 Å². The molecule has 0 unspecified atom stereocenters. The van der Waals surface area contributed by atoms with Crippen molar-refractivity contribution < 1.29 is 18.7 Å². The van der Waals surface area contributed by atoms with Gasteiger partial charge in [-0.05, 0) is 164 Å². The van der Waals surface area contributed by atoms with Crippen LogP contribution in [0.1, 0.15) is 209 Å². The van der Waals surface area contributed by atoms with Crippen molar-refractivity contribution in [2.75, 3.05) is 46.5 Å². The molecule has 0 radical (unpaired) electrons. The van der Waals surface area contributed by atoms with Crippen LogP contribution in [0.3, 0.4) is 0 Å². The van der Waals surface area contributed by atoms with Crippen LogP contribution in [-0.4, -0.2) is 51.0 Å². The standard InChI is InChI=1S/C76H99N4O3/c1-80(56-26-20-14-8-2-5-11-17-23-29-59-81-74-50-44-71(45-51-74)68-38-32-65(62-77)33-39-68,57-27-21-15-9-3-6-12-18-24-30-60-82-75-52-46-72(47-53-75)69-40-34-66(63-78)35-41-69)58-28-22-16-10-4-7-13-19-25-31-61-83-76-54-48-73(49-55-76)70-42-36-67(64-79)37-43-70/h32-55H,2-31,56-61H2,1H3/q+1. The number of unbranched alkanes of at least 4 members (excludes halogenated alkanes) is 27. The van der Waals surface area contributed by atoms with E-state index >= 15 is 0 Å².